The van der Waals surface area contributed by atoms with Crippen LogP contribution in [0.1, 0.15) is 42.5 Å². The lowest BCUT2D eigenvalue weighted by molar-refractivity contribution is -0.124. The van der Waals surface area contributed by atoms with Gasteiger partial charge in [-0.15, -0.1) is 0 Å². The van der Waals surface area contributed by atoms with Crippen molar-refractivity contribution in [3.05, 3.63) is 35.9 Å². The molecular weight excluding hydrogens is 254 g/mol. The highest BCUT2D eigenvalue weighted by Crippen LogP contribution is 2.22. The van der Waals surface area contributed by atoms with Gasteiger partial charge in [-0.2, -0.15) is 0 Å². The van der Waals surface area contributed by atoms with Crippen molar-refractivity contribution in [3.63, 3.8) is 0 Å². The first-order valence-corrected chi connectivity index (χ1v) is 7.24. The molecule has 20 heavy (non-hydrogen) atoms. The first-order chi connectivity index (χ1) is 9.75. The summed E-state index contributed by atoms with van der Waals surface area (Å²) >= 11 is 0. The van der Waals surface area contributed by atoms with Crippen molar-refractivity contribution >= 4 is 11.9 Å². The SMILES string of the molecule is O=C(COC(=O)c1ccccc1)NCC1CCCCC1. The summed E-state index contributed by atoms with van der Waals surface area (Å²) in [5.41, 5.74) is 0.465. The van der Waals surface area contributed by atoms with Gasteiger partial charge in [-0.1, -0.05) is 37.5 Å². The number of amides is 1. The van der Waals surface area contributed by atoms with Crippen molar-refractivity contribution in [1.29, 1.82) is 0 Å². The third-order valence-electron chi connectivity index (χ3n) is 3.66. The Morgan fingerprint density at radius 3 is 2.50 bits per heavy atom. The zero-order chi connectivity index (χ0) is 14.2. The molecule has 0 spiro atoms. The molecular formula is C16H21NO3. The Kier molecular flexibility index (Phi) is 5.59. The Morgan fingerprint density at radius 1 is 1.10 bits per heavy atom. The Morgan fingerprint density at radius 2 is 1.80 bits per heavy atom. The van der Waals surface area contributed by atoms with Crippen LogP contribution in [-0.2, 0) is 9.53 Å². The summed E-state index contributed by atoms with van der Waals surface area (Å²) in [6.45, 7) is 0.488. The minimum atomic E-state index is -0.460. The summed E-state index contributed by atoms with van der Waals surface area (Å²) in [5.74, 6) is -0.101. The lowest BCUT2D eigenvalue weighted by Gasteiger charge is -2.21. The third-order valence-corrected chi connectivity index (χ3v) is 3.66. The summed E-state index contributed by atoms with van der Waals surface area (Å²) in [6.07, 6.45) is 6.18. The van der Waals surface area contributed by atoms with Crippen LogP contribution in [0.2, 0.25) is 0 Å². The van der Waals surface area contributed by atoms with Gasteiger partial charge in [0.1, 0.15) is 0 Å². The molecule has 1 aliphatic rings. The van der Waals surface area contributed by atoms with Gasteiger partial charge in [-0.25, -0.2) is 4.79 Å². The van der Waals surface area contributed by atoms with Crippen molar-refractivity contribution in [1.82, 2.24) is 5.32 Å². The molecule has 0 atom stereocenters. The number of carbonyl (C=O) groups excluding carboxylic acids is 2. The molecule has 4 heteroatoms. The first kappa shape index (κ1) is 14.6. The van der Waals surface area contributed by atoms with E-state index in [0.717, 1.165) is 0 Å². The predicted molar refractivity (Wildman–Crippen MR) is 76.3 cm³/mol. The topological polar surface area (TPSA) is 55.4 Å². The van der Waals surface area contributed by atoms with E-state index >= 15 is 0 Å². The molecule has 0 unspecified atom stereocenters. The van der Waals surface area contributed by atoms with Gasteiger partial charge in [0, 0.05) is 6.54 Å². The predicted octanol–water partition coefficient (Wildman–Crippen LogP) is 2.54. The molecule has 0 aromatic heterocycles. The fourth-order valence-corrected chi connectivity index (χ4v) is 2.49. The molecule has 1 saturated carbocycles. The Hall–Kier alpha value is -1.84. The van der Waals surface area contributed by atoms with E-state index in [-0.39, 0.29) is 12.5 Å². The van der Waals surface area contributed by atoms with Gasteiger partial charge in [-0.3, -0.25) is 4.79 Å². The fraction of sp³-hybridized carbons (Fsp3) is 0.500. The summed E-state index contributed by atoms with van der Waals surface area (Å²) in [5, 5.41) is 2.84. The molecule has 1 aromatic rings. The Labute approximate surface area is 119 Å². The molecule has 1 aliphatic carbocycles. The quantitative estimate of drug-likeness (QED) is 0.840. The number of nitrogens with one attached hydrogen (secondary N) is 1. The van der Waals surface area contributed by atoms with Crippen LogP contribution in [0.3, 0.4) is 0 Å². The summed E-state index contributed by atoms with van der Waals surface area (Å²) in [4.78, 5) is 23.3. The van der Waals surface area contributed by atoms with E-state index in [2.05, 4.69) is 5.32 Å². The fourth-order valence-electron chi connectivity index (χ4n) is 2.49. The van der Waals surface area contributed by atoms with Gasteiger partial charge in [0.15, 0.2) is 6.61 Å². The monoisotopic (exact) mass is 275 g/mol. The number of hydrogen-bond donors (Lipinski definition) is 1. The molecule has 4 nitrogen and oxygen atoms in total. The lowest BCUT2D eigenvalue weighted by Crippen LogP contribution is -2.33. The highest BCUT2D eigenvalue weighted by atomic mass is 16.5. The molecule has 1 aromatic carbocycles. The zero-order valence-electron chi connectivity index (χ0n) is 11.6. The number of carbonyl (C=O) groups is 2. The first-order valence-electron chi connectivity index (χ1n) is 7.24. The molecule has 0 aliphatic heterocycles. The van der Waals surface area contributed by atoms with Crippen LogP contribution >= 0.6 is 0 Å². The molecule has 0 saturated heterocycles. The van der Waals surface area contributed by atoms with Gasteiger partial charge >= 0.3 is 5.97 Å². The van der Waals surface area contributed by atoms with Crippen molar-refractivity contribution in [2.45, 2.75) is 32.1 Å². The van der Waals surface area contributed by atoms with E-state index in [1.807, 2.05) is 6.07 Å². The van der Waals surface area contributed by atoms with E-state index in [9.17, 15) is 9.59 Å². The summed E-state index contributed by atoms with van der Waals surface area (Å²) in [6, 6.07) is 8.69. The minimum Gasteiger partial charge on any atom is -0.452 e. The average Bonchev–Trinajstić information content (AvgIpc) is 2.52. The van der Waals surface area contributed by atoms with Crippen molar-refractivity contribution in [2.24, 2.45) is 5.92 Å². The van der Waals surface area contributed by atoms with E-state index in [1.165, 1.54) is 32.1 Å². The van der Waals surface area contributed by atoms with E-state index < -0.39 is 5.97 Å². The van der Waals surface area contributed by atoms with Crippen LogP contribution in [0.5, 0.6) is 0 Å². The van der Waals surface area contributed by atoms with Crippen LogP contribution < -0.4 is 5.32 Å². The second kappa shape index (κ2) is 7.68. The molecule has 1 fully saturated rings. The van der Waals surface area contributed by atoms with Crippen molar-refractivity contribution < 1.29 is 14.3 Å². The molecule has 0 radical (unpaired) electrons. The van der Waals surface area contributed by atoms with E-state index in [4.69, 9.17) is 4.74 Å². The second-order valence-corrected chi connectivity index (χ2v) is 5.25. The van der Waals surface area contributed by atoms with Crippen molar-refractivity contribution in [2.75, 3.05) is 13.2 Å². The van der Waals surface area contributed by atoms with Gasteiger partial charge in [0.25, 0.3) is 5.91 Å². The summed E-state index contributed by atoms with van der Waals surface area (Å²) in [7, 11) is 0. The van der Waals surface area contributed by atoms with Gasteiger partial charge in [0.05, 0.1) is 5.56 Å². The molecule has 108 valence electrons. The largest absolute Gasteiger partial charge is 0.452 e. The van der Waals surface area contributed by atoms with E-state index in [1.54, 1.807) is 24.3 Å². The summed E-state index contributed by atoms with van der Waals surface area (Å²) < 4.78 is 4.98. The number of hydrogen-bond acceptors (Lipinski definition) is 3. The third kappa shape index (κ3) is 4.68. The zero-order valence-corrected chi connectivity index (χ0v) is 11.6. The highest BCUT2D eigenvalue weighted by Gasteiger charge is 2.15. The highest BCUT2D eigenvalue weighted by molar-refractivity contribution is 5.91. The number of esters is 1. The smallest absolute Gasteiger partial charge is 0.338 e. The number of benzene rings is 1. The second-order valence-electron chi connectivity index (χ2n) is 5.25. The maximum atomic E-state index is 11.7. The number of rotatable bonds is 5. The number of ether oxygens (including phenoxy) is 1. The van der Waals surface area contributed by atoms with Gasteiger partial charge in [0.2, 0.25) is 0 Å². The van der Waals surface area contributed by atoms with Crippen LogP contribution in [-0.4, -0.2) is 25.0 Å². The Balaban J connectivity index is 1.66. The molecule has 0 heterocycles. The molecule has 0 bridgehead atoms. The van der Waals surface area contributed by atoms with Gasteiger partial charge < -0.3 is 10.1 Å². The maximum Gasteiger partial charge on any atom is 0.338 e. The standard InChI is InChI=1S/C16H21NO3/c18-15(17-11-13-7-3-1-4-8-13)12-20-16(19)14-9-5-2-6-10-14/h2,5-6,9-10,13H,1,3-4,7-8,11-12H2,(H,17,18). The molecule has 2 rings (SSSR count). The van der Waals surface area contributed by atoms with E-state index in [0.29, 0.717) is 18.0 Å². The molecule has 1 amide bonds. The van der Waals surface area contributed by atoms with Crippen LogP contribution in [0.15, 0.2) is 30.3 Å². The lowest BCUT2D eigenvalue weighted by atomic mass is 9.89. The van der Waals surface area contributed by atoms with Gasteiger partial charge in [-0.05, 0) is 30.9 Å². The Bertz CT molecular complexity index is 438. The van der Waals surface area contributed by atoms with Crippen LogP contribution in [0.4, 0.5) is 0 Å². The maximum absolute atomic E-state index is 11.7. The van der Waals surface area contributed by atoms with Crippen molar-refractivity contribution in [3.8, 4) is 0 Å². The van der Waals surface area contributed by atoms with Crippen LogP contribution in [0, 0.1) is 5.92 Å². The molecule has 1 N–H and O–H groups in total. The minimum absolute atomic E-state index is 0.208. The normalized spacial score (nSPS) is 15.6. The average molecular weight is 275 g/mol. The van der Waals surface area contributed by atoms with Crippen LogP contribution in [0.25, 0.3) is 0 Å².